The number of piperidine rings is 1. The van der Waals surface area contributed by atoms with Gasteiger partial charge in [0.15, 0.2) is 5.78 Å². The highest BCUT2D eigenvalue weighted by Gasteiger charge is 2.35. The fourth-order valence-corrected chi connectivity index (χ4v) is 2.67. The Balaban J connectivity index is 1.94. The number of carbonyl (C=O) groups excluding carboxylic acids is 3. The van der Waals surface area contributed by atoms with E-state index in [1.165, 1.54) is 4.90 Å². The molecule has 0 bridgehead atoms. The Kier molecular flexibility index (Phi) is 5.55. The average molecular weight is 324 g/mol. The van der Waals surface area contributed by atoms with Crippen LogP contribution in [0.3, 0.4) is 0 Å². The predicted molar refractivity (Wildman–Crippen MR) is 81.5 cm³/mol. The molecule has 0 saturated carbocycles. The lowest BCUT2D eigenvalue weighted by Crippen LogP contribution is -2.47. The van der Waals surface area contributed by atoms with Crippen molar-refractivity contribution in [2.45, 2.75) is 19.8 Å². The second-order valence-corrected chi connectivity index (χ2v) is 5.62. The molecule has 1 aromatic rings. The molecule has 5 nitrogen and oxygen atoms in total. The summed E-state index contributed by atoms with van der Waals surface area (Å²) >= 11 is 5.89. The van der Waals surface area contributed by atoms with Gasteiger partial charge in [-0.25, -0.2) is 0 Å². The summed E-state index contributed by atoms with van der Waals surface area (Å²) in [6.07, 6.45) is 0.511. The van der Waals surface area contributed by atoms with Gasteiger partial charge in [-0.3, -0.25) is 14.4 Å². The summed E-state index contributed by atoms with van der Waals surface area (Å²) in [5, 5.41) is 0.572. The molecule has 1 fully saturated rings. The fraction of sp³-hybridized carbons (Fsp3) is 0.438. The van der Waals surface area contributed by atoms with Crippen LogP contribution in [0.25, 0.3) is 0 Å². The molecule has 0 aromatic heterocycles. The summed E-state index contributed by atoms with van der Waals surface area (Å²) in [6.45, 7) is 2.30. The van der Waals surface area contributed by atoms with E-state index in [-0.39, 0.29) is 31.3 Å². The smallest absolute Gasteiger partial charge is 0.316 e. The van der Waals surface area contributed by atoms with Crippen LogP contribution in [-0.2, 0) is 25.5 Å². The van der Waals surface area contributed by atoms with Gasteiger partial charge in [0.05, 0.1) is 19.6 Å². The first kappa shape index (κ1) is 16.5. The molecule has 0 spiro atoms. The molecule has 118 valence electrons. The SMILES string of the molecule is CCOC(=O)C1CCN(C(=O)Cc2cccc(Cl)c2)CC1=O. The number of esters is 1. The Morgan fingerprint density at radius 2 is 2.18 bits per heavy atom. The van der Waals surface area contributed by atoms with Crippen molar-refractivity contribution in [1.29, 1.82) is 0 Å². The molecule has 0 radical (unpaired) electrons. The standard InChI is InChI=1S/C16H18ClNO4/c1-2-22-16(21)13-6-7-18(10-14(13)19)15(20)9-11-4-3-5-12(17)8-11/h3-5,8,13H,2,6-7,9-10H2,1H3. The quantitative estimate of drug-likeness (QED) is 0.627. The van der Waals surface area contributed by atoms with Crippen LogP contribution in [0.5, 0.6) is 0 Å². The lowest BCUT2D eigenvalue weighted by molar-refractivity contribution is -0.155. The molecule has 0 aliphatic carbocycles. The number of hydrogen-bond acceptors (Lipinski definition) is 4. The van der Waals surface area contributed by atoms with Crippen molar-refractivity contribution < 1.29 is 19.1 Å². The fourth-order valence-electron chi connectivity index (χ4n) is 2.46. The maximum absolute atomic E-state index is 12.2. The van der Waals surface area contributed by atoms with E-state index < -0.39 is 11.9 Å². The zero-order chi connectivity index (χ0) is 16.1. The summed E-state index contributed by atoms with van der Waals surface area (Å²) < 4.78 is 4.88. The van der Waals surface area contributed by atoms with Gasteiger partial charge in [-0.15, -0.1) is 0 Å². The lowest BCUT2D eigenvalue weighted by atomic mass is 9.95. The Labute approximate surface area is 134 Å². The topological polar surface area (TPSA) is 63.7 Å². The highest BCUT2D eigenvalue weighted by Crippen LogP contribution is 2.18. The third-order valence-electron chi connectivity index (χ3n) is 3.59. The number of nitrogens with zero attached hydrogens (tertiary/aromatic N) is 1. The number of benzene rings is 1. The lowest BCUT2D eigenvalue weighted by Gasteiger charge is -2.29. The number of hydrogen-bond donors (Lipinski definition) is 0. The summed E-state index contributed by atoms with van der Waals surface area (Å²) in [4.78, 5) is 37.4. The number of amides is 1. The van der Waals surface area contributed by atoms with E-state index >= 15 is 0 Å². The molecule has 0 N–H and O–H groups in total. The normalized spacial score (nSPS) is 18.2. The average Bonchev–Trinajstić information content (AvgIpc) is 2.47. The zero-order valence-electron chi connectivity index (χ0n) is 12.4. The van der Waals surface area contributed by atoms with Crippen LogP contribution in [0, 0.1) is 5.92 Å². The van der Waals surface area contributed by atoms with Gasteiger partial charge in [0.2, 0.25) is 5.91 Å². The summed E-state index contributed by atoms with van der Waals surface area (Å²) in [6, 6.07) is 7.07. The third kappa shape index (κ3) is 4.07. The van der Waals surface area contributed by atoms with Gasteiger partial charge in [-0.05, 0) is 31.0 Å². The monoisotopic (exact) mass is 323 g/mol. The molecular formula is C16H18ClNO4. The van der Waals surface area contributed by atoms with Gasteiger partial charge in [-0.1, -0.05) is 23.7 Å². The molecular weight excluding hydrogens is 306 g/mol. The Hall–Kier alpha value is -1.88. The van der Waals surface area contributed by atoms with Crippen molar-refractivity contribution in [3.05, 3.63) is 34.9 Å². The highest BCUT2D eigenvalue weighted by molar-refractivity contribution is 6.30. The van der Waals surface area contributed by atoms with Crippen molar-refractivity contribution in [3.63, 3.8) is 0 Å². The Bertz CT molecular complexity index is 587. The van der Waals surface area contributed by atoms with E-state index in [1.54, 1.807) is 25.1 Å². The summed E-state index contributed by atoms with van der Waals surface area (Å²) in [7, 11) is 0. The van der Waals surface area contributed by atoms with Gasteiger partial charge in [0, 0.05) is 11.6 Å². The summed E-state index contributed by atoms with van der Waals surface area (Å²) in [5.41, 5.74) is 0.803. The van der Waals surface area contributed by atoms with E-state index in [1.807, 2.05) is 6.07 Å². The second-order valence-electron chi connectivity index (χ2n) is 5.18. The highest BCUT2D eigenvalue weighted by atomic mass is 35.5. The van der Waals surface area contributed by atoms with Crippen molar-refractivity contribution in [2.75, 3.05) is 19.7 Å². The van der Waals surface area contributed by atoms with E-state index in [2.05, 4.69) is 0 Å². The molecule has 1 aromatic carbocycles. The number of ketones is 1. The van der Waals surface area contributed by atoms with Crippen LogP contribution in [0.4, 0.5) is 0 Å². The molecule has 1 heterocycles. The van der Waals surface area contributed by atoms with Gasteiger partial charge in [-0.2, -0.15) is 0 Å². The van der Waals surface area contributed by atoms with Crippen LogP contribution in [-0.4, -0.2) is 42.3 Å². The number of likely N-dealkylation sites (tertiary alicyclic amines) is 1. The van der Waals surface area contributed by atoms with Crippen molar-refractivity contribution in [1.82, 2.24) is 4.90 Å². The summed E-state index contributed by atoms with van der Waals surface area (Å²) in [5.74, 6) is -1.63. The number of carbonyl (C=O) groups is 3. The molecule has 1 aliphatic heterocycles. The van der Waals surface area contributed by atoms with Crippen molar-refractivity contribution >= 4 is 29.3 Å². The van der Waals surface area contributed by atoms with Crippen LogP contribution in [0.1, 0.15) is 18.9 Å². The largest absolute Gasteiger partial charge is 0.465 e. The van der Waals surface area contributed by atoms with Crippen LogP contribution >= 0.6 is 11.6 Å². The first-order valence-electron chi connectivity index (χ1n) is 7.22. The van der Waals surface area contributed by atoms with Gasteiger partial charge < -0.3 is 9.64 Å². The van der Waals surface area contributed by atoms with E-state index in [0.29, 0.717) is 18.0 Å². The molecule has 1 amide bonds. The second kappa shape index (κ2) is 7.40. The zero-order valence-corrected chi connectivity index (χ0v) is 13.1. The maximum Gasteiger partial charge on any atom is 0.316 e. The van der Waals surface area contributed by atoms with Crippen molar-refractivity contribution in [2.24, 2.45) is 5.92 Å². The van der Waals surface area contributed by atoms with Gasteiger partial charge in [0.25, 0.3) is 0 Å². The Morgan fingerprint density at radius 3 is 2.82 bits per heavy atom. The van der Waals surface area contributed by atoms with E-state index in [0.717, 1.165) is 5.56 Å². The molecule has 1 unspecified atom stereocenters. The van der Waals surface area contributed by atoms with Crippen LogP contribution in [0.15, 0.2) is 24.3 Å². The molecule has 1 atom stereocenters. The van der Waals surface area contributed by atoms with Crippen LogP contribution in [0.2, 0.25) is 5.02 Å². The van der Waals surface area contributed by atoms with Gasteiger partial charge >= 0.3 is 5.97 Å². The van der Waals surface area contributed by atoms with E-state index in [4.69, 9.17) is 16.3 Å². The minimum Gasteiger partial charge on any atom is -0.465 e. The van der Waals surface area contributed by atoms with E-state index in [9.17, 15) is 14.4 Å². The number of halogens is 1. The van der Waals surface area contributed by atoms with Crippen molar-refractivity contribution in [3.8, 4) is 0 Å². The maximum atomic E-state index is 12.2. The molecule has 2 rings (SSSR count). The third-order valence-corrected chi connectivity index (χ3v) is 3.83. The van der Waals surface area contributed by atoms with Crippen LogP contribution < -0.4 is 0 Å². The number of rotatable bonds is 4. The number of ether oxygens (including phenoxy) is 1. The minimum absolute atomic E-state index is 0.0388. The predicted octanol–water partition coefficient (Wildman–Crippen LogP) is 1.86. The minimum atomic E-state index is -0.741. The molecule has 6 heteroatoms. The van der Waals surface area contributed by atoms with Gasteiger partial charge in [0.1, 0.15) is 5.92 Å². The molecule has 1 aliphatic rings. The Morgan fingerprint density at radius 1 is 1.41 bits per heavy atom. The first-order valence-corrected chi connectivity index (χ1v) is 7.60. The molecule has 22 heavy (non-hydrogen) atoms. The molecule has 1 saturated heterocycles. The number of Topliss-reactive ketones (excluding diaryl/α,β-unsaturated/α-hetero) is 1. The first-order chi connectivity index (χ1) is 10.5.